The first-order valence-electron chi connectivity index (χ1n) is 6.29. The molecule has 2 unspecified atom stereocenters. The van der Waals surface area contributed by atoms with Crippen LogP contribution in [0.4, 0.5) is 0 Å². The first kappa shape index (κ1) is 13.9. The van der Waals surface area contributed by atoms with Gasteiger partial charge in [-0.25, -0.2) is 0 Å². The Hall–Kier alpha value is -0.480. The van der Waals surface area contributed by atoms with E-state index >= 15 is 0 Å². The Morgan fingerprint density at radius 2 is 2.17 bits per heavy atom. The minimum absolute atomic E-state index is 0.0363. The SMILES string of the molecule is CSC1CCCC(NC(=O)c2ccccc2Br)C1. The Morgan fingerprint density at radius 3 is 2.89 bits per heavy atom. The molecule has 1 aromatic carbocycles. The minimum Gasteiger partial charge on any atom is -0.349 e. The summed E-state index contributed by atoms with van der Waals surface area (Å²) in [5.41, 5.74) is 0.726. The standard InChI is InChI=1S/C14H18BrNOS/c1-18-11-6-4-5-10(9-11)16-14(17)12-7-2-3-8-13(12)15/h2-3,7-8,10-11H,4-6,9H2,1H3,(H,16,17). The molecule has 1 fully saturated rings. The van der Waals surface area contributed by atoms with Gasteiger partial charge in [0.2, 0.25) is 0 Å². The zero-order chi connectivity index (χ0) is 13.0. The monoisotopic (exact) mass is 327 g/mol. The van der Waals surface area contributed by atoms with Crippen molar-refractivity contribution in [2.24, 2.45) is 0 Å². The van der Waals surface area contributed by atoms with E-state index in [1.807, 2.05) is 36.0 Å². The number of benzene rings is 1. The summed E-state index contributed by atoms with van der Waals surface area (Å²) in [5.74, 6) is 0.0363. The smallest absolute Gasteiger partial charge is 0.252 e. The highest BCUT2D eigenvalue weighted by molar-refractivity contribution is 9.10. The average molecular weight is 328 g/mol. The van der Waals surface area contributed by atoms with E-state index in [1.165, 1.54) is 12.8 Å². The predicted molar refractivity (Wildman–Crippen MR) is 81.2 cm³/mol. The van der Waals surface area contributed by atoms with Gasteiger partial charge in [-0.05, 0) is 53.6 Å². The summed E-state index contributed by atoms with van der Waals surface area (Å²) in [7, 11) is 0. The summed E-state index contributed by atoms with van der Waals surface area (Å²) in [4.78, 5) is 12.2. The first-order chi connectivity index (χ1) is 8.70. The molecule has 2 rings (SSSR count). The molecule has 0 aromatic heterocycles. The number of amides is 1. The highest BCUT2D eigenvalue weighted by atomic mass is 79.9. The van der Waals surface area contributed by atoms with Crippen LogP contribution in [-0.2, 0) is 0 Å². The zero-order valence-electron chi connectivity index (χ0n) is 10.5. The molecule has 1 N–H and O–H groups in total. The van der Waals surface area contributed by atoms with Crippen LogP contribution in [0.25, 0.3) is 0 Å². The number of hydrogen-bond donors (Lipinski definition) is 1. The van der Waals surface area contributed by atoms with E-state index in [0.29, 0.717) is 11.3 Å². The molecular formula is C14H18BrNOS. The Bertz CT molecular complexity index is 424. The lowest BCUT2D eigenvalue weighted by atomic mass is 9.94. The molecule has 1 aliphatic carbocycles. The molecule has 4 heteroatoms. The maximum atomic E-state index is 12.2. The molecule has 1 saturated carbocycles. The second-order valence-electron chi connectivity index (χ2n) is 4.67. The van der Waals surface area contributed by atoms with Crippen molar-refractivity contribution in [3.05, 3.63) is 34.3 Å². The van der Waals surface area contributed by atoms with E-state index in [4.69, 9.17) is 0 Å². The van der Waals surface area contributed by atoms with E-state index in [1.54, 1.807) is 0 Å². The fourth-order valence-corrected chi connectivity index (χ4v) is 3.69. The van der Waals surface area contributed by atoms with Crippen molar-refractivity contribution in [3.63, 3.8) is 0 Å². The van der Waals surface area contributed by atoms with Crippen LogP contribution in [0.2, 0.25) is 0 Å². The third kappa shape index (κ3) is 3.51. The molecule has 0 radical (unpaired) electrons. The van der Waals surface area contributed by atoms with Gasteiger partial charge in [0.25, 0.3) is 5.91 Å². The largest absolute Gasteiger partial charge is 0.349 e. The lowest BCUT2D eigenvalue weighted by Gasteiger charge is -2.28. The maximum absolute atomic E-state index is 12.2. The summed E-state index contributed by atoms with van der Waals surface area (Å²) in [6, 6.07) is 7.90. The van der Waals surface area contributed by atoms with Crippen molar-refractivity contribution in [1.82, 2.24) is 5.32 Å². The summed E-state index contributed by atoms with van der Waals surface area (Å²) in [5, 5.41) is 3.86. The van der Waals surface area contributed by atoms with Crippen molar-refractivity contribution in [2.75, 3.05) is 6.26 Å². The molecule has 0 aliphatic heterocycles. The second-order valence-corrected chi connectivity index (χ2v) is 6.67. The highest BCUT2D eigenvalue weighted by Crippen LogP contribution is 2.27. The molecule has 0 saturated heterocycles. The third-order valence-corrected chi connectivity index (χ3v) is 5.20. The number of rotatable bonds is 3. The van der Waals surface area contributed by atoms with E-state index in [2.05, 4.69) is 27.5 Å². The van der Waals surface area contributed by atoms with Crippen molar-refractivity contribution in [3.8, 4) is 0 Å². The van der Waals surface area contributed by atoms with Gasteiger partial charge in [-0.3, -0.25) is 4.79 Å². The Morgan fingerprint density at radius 1 is 1.39 bits per heavy atom. The van der Waals surface area contributed by atoms with E-state index in [9.17, 15) is 4.79 Å². The molecule has 2 atom stereocenters. The lowest BCUT2D eigenvalue weighted by Crippen LogP contribution is -2.39. The van der Waals surface area contributed by atoms with E-state index < -0.39 is 0 Å². The lowest BCUT2D eigenvalue weighted by molar-refractivity contribution is 0.0927. The summed E-state index contributed by atoms with van der Waals surface area (Å²) in [6.07, 6.45) is 6.85. The Kier molecular flexibility index (Phi) is 5.13. The van der Waals surface area contributed by atoms with Crippen LogP contribution in [0.5, 0.6) is 0 Å². The third-order valence-electron chi connectivity index (χ3n) is 3.41. The van der Waals surface area contributed by atoms with Crippen LogP contribution in [0.1, 0.15) is 36.0 Å². The Labute approximate surface area is 121 Å². The van der Waals surface area contributed by atoms with Crippen molar-refractivity contribution in [1.29, 1.82) is 0 Å². The number of halogens is 1. The number of carbonyl (C=O) groups is 1. The van der Waals surface area contributed by atoms with Gasteiger partial charge in [-0.1, -0.05) is 18.6 Å². The number of carbonyl (C=O) groups excluding carboxylic acids is 1. The average Bonchev–Trinajstić information content (AvgIpc) is 2.39. The molecular weight excluding hydrogens is 310 g/mol. The molecule has 1 aliphatic rings. The highest BCUT2D eigenvalue weighted by Gasteiger charge is 2.23. The summed E-state index contributed by atoms with van der Waals surface area (Å²) in [6.45, 7) is 0. The minimum atomic E-state index is 0.0363. The molecule has 0 heterocycles. The normalized spacial score (nSPS) is 23.7. The van der Waals surface area contributed by atoms with Crippen LogP contribution in [0, 0.1) is 0 Å². The molecule has 2 nitrogen and oxygen atoms in total. The van der Waals surface area contributed by atoms with Gasteiger partial charge < -0.3 is 5.32 Å². The molecule has 1 amide bonds. The maximum Gasteiger partial charge on any atom is 0.252 e. The van der Waals surface area contributed by atoms with Gasteiger partial charge >= 0.3 is 0 Å². The zero-order valence-corrected chi connectivity index (χ0v) is 12.9. The van der Waals surface area contributed by atoms with Gasteiger partial charge in [0.1, 0.15) is 0 Å². The van der Waals surface area contributed by atoms with Crippen LogP contribution < -0.4 is 5.32 Å². The van der Waals surface area contributed by atoms with Gasteiger partial charge in [0.15, 0.2) is 0 Å². The van der Waals surface area contributed by atoms with Crippen LogP contribution in [0.3, 0.4) is 0 Å². The van der Waals surface area contributed by atoms with Crippen LogP contribution >= 0.6 is 27.7 Å². The first-order valence-corrected chi connectivity index (χ1v) is 8.37. The van der Waals surface area contributed by atoms with Crippen LogP contribution in [-0.4, -0.2) is 23.5 Å². The van der Waals surface area contributed by atoms with Gasteiger partial charge in [0.05, 0.1) is 5.56 Å². The molecule has 98 valence electrons. The number of thioether (sulfide) groups is 1. The summed E-state index contributed by atoms with van der Waals surface area (Å²) < 4.78 is 0.861. The molecule has 1 aromatic rings. The van der Waals surface area contributed by atoms with Crippen LogP contribution in [0.15, 0.2) is 28.7 Å². The fraction of sp³-hybridized carbons (Fsp3) is 0.500. The fourth-order valence-electron chi connectivity index (χ4n) is 2.40. The van der Waals surface area contributed by atoms with Crippen molar-refractivity contribution in [2.45, 2.75) is 37.0 Å². The summed E-state index contributed by atoms with van der Waals surface area (Å²) >= 11 is 5.34. The van der Waals surface area contributed by atoms with Gasteiger partial charge in [-0.15, -0.1) is 0 Å². The number of hydrogen-bond acceptors (Lipinski definition) is 2. The Balaban J connectivity index is 1.97. The molecule has 0 spiro atoms. The van der Waals surface area contributed by atoms with Gasteiger partial charge in [-0.2, -0.15) is 11.8 Å². The molecule has 18 heavy (non-hydrogen) atoms. The quantitative estimate of drug-likeness (QED) is 0.913. The van der Waals surface area contributed by atoms with E-state index in [0.717, 1.165) is 22.9 Å². The second kappa shape index (κ2) is 6.62. The van der Waals surface area contributed by atoms with E-state index in [-0.39, 0.29) is 5.91 Å². The van der Waals surface area contributed by atoms with Crippen molar-refractivity contribution < 1.29 is 4.79 Å². The van der Waals surface area contributed by atoms with Crippen molar-refractivity contribution >= 4 is 33.6 Å². The topological polar surface area (TPSA) is 29.1 Å². The number of nitrogens with one attached hydrogen (secondary N) is 1. The van der Waals surface area contributed by atoms with Gasteiger partial charge in [0, 0.05) is 15.8 Å². The molecule has 0 bridgehead atoms. The predicted octanol–water partition coefficient (Wildman–Crippen LogP) is 3.85.